The fourth-order valence-corrected chi connectivity index (χ4v) is 3.52. The summed E-state index contributed by atoms with van der Waals surface area (Å²) in [7, 11) is 1.90. The van der Waals surface area contributed by atoms with Crippen molar-refractivity contribution in [3.63, 3.8) is 0 Å². The van der Waals surface area contributed by atoms with Gasteiger partial charge < -0.3 is 10.1 Å². The Hall–Kier alpha value is -2.77. The van der Waals surface area contributed by atoms with Crippen molar-refractivity contribution in [1.29, 1.82) is 0 Å². The van der Waals surface area contributed by atoms with Crippen LogP contribution in [0, 0.1) is 0 Å². The van der Waals surface area contributed by atoms with Crippen molar-refractivity contribution in [3.05, 3.63) is 42.9 Å². The smallest absolute Gasteiger partial charge is 0.239 e. The number of amides is 1. The van der Waals surface area contributed by atoms with E-state index >= 15 is 0 Å². The second kappa shape index (κ2) is 7.69. The summed E-state index contributed by atoms with van der Waals surface area (Å²) >= 11 is 0. The molecule has 4 rings (SSSR count). The van der Waals surface area contributed by atoms with Crippen LogP contribution in [-0.2, 0) is 16.6 Å². The summed E-state index contributed by atoms with van der Waals surface area (Å²) in [5.74, 6) is 0.506. The zero-order chi connectivity index (χ0) is 19.7. The van der Waals surface area contributed by atoms with E-state index in [9.17, 15) is 4.79 Å². The largest absolute Gasteiger partial charge is 0.376 e. The van der Waals surface area contributed by atoms with Gasteiger partial charge in [0.2, 0.25) is 5.91 Å². The highest BCUT2D eigenvalue weighted by Gasteiger charge is 2.25. The highest BCUT2D eigenvalue weighted by molar-refractivity contribution is 5.94. The van der Waals surface area contributed by atoms with E-state index in [-0.39, 0.29) is 18.1 Å². The third kappa shape index (κ3) is 4.05. The molecule has 0 bridgehead atoms. The molecule has 1 amide bonds. The molecule has 3 heterocycles. The number of hydrogen-bond acceptors (Lipinski definition) is 5. The van der Waals surface area contributed by atoms with Crippen LogP contribution in [0.4, 0.5) is 5.82 Å². The quantitative estimate of drug-likeness (QED) is 0.755. The summed E-state index contributed by atoms with van der Waals surface area (Å²) in [5.41, 5.74) is 2.14. The number of anilines is 1. The zero-order valence-corrected chi connectivity index (χ0v) is 16.4. The normalized spacial score (nSPS) is 20.4. The van der Waals surface area contributed by atoms with Gasteiger partial charge in [-0.3, -0.25) is 14.4 Å². The van der Waals surface area contributed by atoms with Gasteiger partial charge in [0, 0.05) is 43.0 Å². The lowest BCUT2D eigenvalue weighted by molar-refractivity contribution is -0.121. The molecule has 1 aliphatic heterocycles. The van der Waals surface area contributed by atoms with Crippen LogP contribution in [0.2, 0.25) is 0 Å². The standard InChI is InChI=1S/C21H25N5O2/c1-14-13-28-15(2)10-26(14)12-21(27)24-20-7-18-6-16(4-5-17(18)8-22-20)19-9-23-25(3)11-19/h4-9,11,14-15H,10,12-13H2,1-3H3,(H,22,24,27)/t14-,15-/m1/s1. The lowest BCUT2D eigenvalue weighted by atomic mass is 10.1. The summed E-state index contributed by atoms with van der Waals surface area (Å²) < 4.78 is 7.41. The molecule has 0 unspecified atom stereocenters. The van der Waals surface area contributed by atoms with Crippen LogP contribution in [0.1, 0.15) is 13.8 Å². The van der Waals surface area contributed by atoms with Crippen molar-refractivity contribution >= 4 is 22.5 Å². The van der Waals surface area contributed by atoms with E-state index in [1.54, 1.807) is 10.9 Å². The Morgan fingerprint density at radius 2 is 2.07 bits per heavy atom. The first-order valence-electron chi connectivity index (χ1n) is 9.52. The van der Waals surface area contributed by atoms with Crippen molar-refractivity contribution in [3.8, 4) is 11.1 Å². The second-order valence-corrected chi connectivity index (χ2v) is 7.50. The summed E-state index contributed by atoms with van der Waals surface area (Å²) in [6.45, 7) is 5.85. The molecule has 0 radical (unpaired) electrons. The maximum Gasteiger partial charge on any atom is 0.239 e. The number of rotatable bonds is 4. The Bertz CT molecular complexity index is 999. The number of benzene rings is 1. The molecule has 1 N–H and O–H groups in total. The number of pyridine rings is 1. The van der Waals surface area contributed by atoms with Crippen LogP contribution in [0.3, 0.4) is 0 Å². The van der Waals surface area contributed by atoms with E-state index < -0.39 is 0 Å². The van der Waals surface area contributed by atoms with Gasteiger partial charge >= 0.3 is 0 Å². The highest BCUT2D eigenvalue weighted by Crippen LogP contribution is 2.25. The van der Waals surface area contributed by atoms with Gasteiger partial charge in [-0.15, -0.1) is 0 Å². The molecule has 28 heavy (non-hydrogen) atoms. The molecule has 2 aromatic heterocycles. The first-order valence-corrected chi connectivity index (χ1v) is 9.52. The van der Waals surface area contributed by atoms with Gasteiger partial charge in [-0.25, -0.2) is 4.98 Å². The van der Waals surface area contributed by atoms with Gasteiger partial charge in [0.05, 0.1) is 25.5 Å². The number of morpholine rings is 1. The molecule has 1 aliphatic rings. The number of carbonyl (C=O) groups is 1. The van der Waals surface area contributed by atoms with E-state index in [1.165, 1.54) is 0 Å². The molecule has 7 heteroatoms. The summed E-state index contributed by atoms with van der Waals surface area (Å²) in [6, 6.07) is 8.33. The SMILES string of the molecule is C[C@@H]1CN(CC(=O)Nc2cc3cc(-c4cnn(C)c4)ccc3cn2)[C@H](C)CO1. The molecule has 2 atom stereocenters. The first kappa shape index (κ1) is 18.6. The Morgan fingerprint density at radius 3 is 2.86 bits per heavy atom. The van der Waals surface area contributed by atoms with E-state index in [1.807, 2.05) is 38.5 Å². The zero-order valence-electron chi connectivity index (χ0n) is 16.4. The number of carbonyl (C=O) groups excluding carboxylic acids is 1. The van der Waals surface area contributed by atoms with Crippen LogP contribution in [0.15, 0.2) is 42.9 Å². The third-order valence-corrected chi connectivity index (χ3v) is 5.11. The fourth-order valence-electron chi connectivity index (χ4n) is 3.52. The molecule has 1 saturated heterocycles. The summed E-state index contributed by atoms with van der Waals surface area (Å²) in [5, 5.41) is 9.22. The van der Waals surface area contributed by atoms with Gasteiger partial charge in [-0.2, -0.15) is 5.10 Å². The number of nitrogens with one attached hydrogen (secondary N) is 1. The molecule has 1 aromatic carbocycles. The molecule has 3 aromatic rings. The van der Waals surface area contributed by atoms with Crippen molar-refractivity contribution in [2.24, 2.45) is 7.05 Å². The number of fused-ring (bicyclic) bond motifs is 1. The average Bonchev–Trinajstić information content (AvgIpc) is 3.10. The van der Waals surface area contributed by atoms with Crippen molar-refractivity contribution in [2.45, 2.75) is 26.0 Å². The Kier molecular flexibility index (Phi) is 5.11. The van der Waals surface area contributed by atoms with Crippen LogP contribution >= 0.6 is 0 Å². The predicted octanol–water partition coefficient (Wildman–Crippen LogP) is 2.68. The Labute approximate surface area is 164 Å². The van der Waals surface area contributed by atoms with Crippen LogP contribution in [0.5, 0.6) is 0 Å². The summed E-state index contributed by atoms with van der Waals surface area (Å²) in [6.07, 6.45) is 5.76. The van der Waals surface area contributed by atoms with Crippen molar-refractivity contribution in [2.75, 3.05) is 25.0 Å². The fraction of sp³-hybridized carbons (Fsp3) is 0.381. The number of ether oxygens (including phenoxy) is 1. The number of aryl methyl sites for hydroxylation is 1. The van der Waals surface area contributed by atoms with Gasteiger partial charge in [-0.05, 0) is 36.9 Å². The lowest BCUT2D eigenvalue weighted by Gasteiger charge is -2.36. The van der Waals surface area contributed by atoms with Gasteiger partial charge in [0.25, 0.3) is 0 Å². The Balaban J connectivity index is 1.49. The molecule has 0 aliphatic carbocycles. The monoisotopic (exact) mass is 379 g/mol. The first-order chi connectivity index (χ1) is 13.5. The van der Waals surface area contributed by atoms with E-state index in [2.05, 4.69) is 39.4 Å². The summed E-state index contributed by atoms with van der Waals surface area (Å²) in [4.78, 5) is 19.0. The van der Waals surface area contributed by atoms with Crippen LogP contribution in [0.25, 0.3) is 21.9 Å². The molecular formula is C21H25N5O2. The topological polar surface area (TPSA) is 72.3 Å². The van der Waals surface area contributed by atoms with E-state index in [4.69, 9.17) is 4.74 Å². The average molecular weight is 379 g/mol. The van der Waals surface area contributed by atoms with Gasteiger partial charge in [0.1, 0.15) is 5.82 Å². The predicted molar refractivity (Wildman–Crippen MR) is 109 cm³/mol. The highest BCUT2D eigenvalue weighted by atomic mass is 16.5. The van der Waals surface area contributed by atoms with Crippen LogP contribution in [-0.4, -0.2) is 57.4 Å². The molecule has 7 nitrogen and oxygen atoms in total. The number of nitrogens with zero attached hydrogens (tertiary/aromatic N) is 4. The number of aromatic nitrogens is 3. The molecule has 0 spiro atoms. The molecular weight excluding hydrogens is 354 g/mol. The lowest BCUT2D eigenvalue weighted by Crippen LogP contribution is -2.50. The minimum absolute atomic E-state index is 0.0591. The Morgan fingerprint density at radius 1 is 1.21 bits per heavy atom. The maximum atomic E-state index is 12.5. The number of hydrogen-bond donors (Lipinski definition) is 1. The van der Waals surface area contributed by atoms with Crippen molar-refractivity contribution in [1.82, 2.24) is 19.7 Å². The molecule has 1 fully saturated rings. The van der Waals surface area contributed by atoms with Crippen molar-refractivity contribution < 1.29 is 9.53 Å². The maximum absolute atomic E-state index is 12.5. The third-order valence-electron chi connectivity index (χ3n) is 5.11. The minimum atomic E-state index is -0.0591. The van der Waals surface area contributed by atoms with E-state index in [0.717, 1.165) is 28.4 Å². The minimum Gasteiger partial charge on any atom is -0.376 e. The second-order valence-electron chi connectivity index (χ2n) is 7.50. The van der Waals surface area contributed by atoms with Gasteiger partial charge in [-0.1, -0.05) is 12.1 Å². The van der Waals surface area contributed by atoms with Crippen LogP contribution < -0.4 is 5.32 Å². The molecule has 146 valence electrons. The van der Waals surface area contributed by atoms with Gasteiger partial charge in [0.15, 0.2) is 0 Å². The molecule has 0 saturated carbocycles. The van der Waals surface area contributed by atoms with E-state index in [0.29, 0.717) is 19.0 Å².